The normalized spacial score (nSPS) is 11.6. The predicted octanol–water partition coefficient (Wildman–Crippen LogP) is 1.16. The molecule has 0 atom stereocenters. The zero-order chi connectivity index (χ0) is 14.1. The summed E-state index contributed by atoms with van der Waals surface area (Å²) < 4.78 is 0. The molecule has 0 saturated carbocycles. The molecule has 1 rings (SSSR count). The van der Waals surface area contributed by atoms with E-state index in [-0.39, 0.29) is 6.61 Å². The van der Waals surface area contributed by atoms with Crippen LogP contribution in [-0.2, 0) is 12.4 Å². The van der Waals surface area contributed by atoms with Crippen LogP contribution in [0.4, 0.5) is 0 Å². The maximum atomic E-state index is 10.3. The molecular formula is C10H16N4O3S2. The molecule has 0 radical (unpaired) electrons. The zero-order valence-electron chi connectivity index (χ0n) is 10.5. The van der Waals surface area contributed by atoms with Gasteiger partial charge in [0.15, 0.2) is 0 Å². The number of hydrogen-bond donors (Lipinski definition) is 3. The summed E-state index contributed by atoms with van der Waals surface area (Å²) in [7, 11) is 0. The van der Waals surface area contributed by atoms with Crippen LogP contribution in [0.5, 0.6) is 0 Å². The van der Waals surface area contributed by atoms with Crippen LogP contribution in [0.2, 0.25) is 0 Å². The molecule has 0 aromatic carbocycles. The minimum absolute atomic E-state index is 0.0696. The molecule has 0 aliphatic heterocycles. The van der Waals surface area contributed by atoms with E-state index in [2.05, 4.69) is 15.3 Å². The van der Waals surface area contributed by atoms with E-state index in [1.807, 2.05) is 0 Å². The number of imidazole rings is 1. The Hall–Kier alpha value is -1.19. The fraction of sp³-hybridized carbons (Fsp3) is 0.500. The van der Waals surface area contributed by atoms with Crippen molar-refractivity contribution in [3.05, 3.63) is 39.1 Å². The number of aliphatic hydroxyl groups excluding tert-OH is 1. The fourth-order valence-electron chi connectivity index (χ4n) is 1.30. The van der Waals surface area contributed by atoms with Crippen LogP contribution in [0.25, 0.3) is 0 Å². The minimum atomic E-state index is -0.468. The Kier molecular flexibility index (Phi) is 7.38. The molecule has 106 valence electrons. The van der Waals surface area contributed by atoms with Crippen molar-refractivity contribution in [1.29, 1.82) is 0 Å². The van der Waals surface area contributed by atoms with E-state index in [0.717, 1.165) is 23.4 Å². The lowest BCUT2D eigenvalue weighted by atomic mass is 10.4. The highest BCUT2D eigenvalue weighted by molar-refractivity contribution is 8.02. The van der Waals surface area contributed by atoms with Crippen LogP contribution < -0.4 is 5.32 Å². The minimum Gasteiger partial charge on any atom is -0.390 e. The molecule has 3 N–H and O–H groups in total. The first-order valence-electron chi connectivity index (χ1n) is 5.50. The van der Waals surface area contributed by atoms with E-state index in [9.17, 15) is 10.1 Å². The topological polar surface area (TPSA) is 104 Å². The van der Waals surface area contributed by atoms with Gasteiger partial charge in [-0.25, -0.2) is 4.98 Å². The van der Waals surface area contributed by atoms with Gasteiger partial charge in [0.05, 0.1) is 29.2 Å². The van der Waals surface area contributed by atoms with Crippen molar-refractivity contribution in [2.45, 2.75) is 12.4 Å². The van der Waals surface area contributed by atoms with Gasteiger partial charge < -0.3 is 15.4 Å². The van der Waals surface area contributed by atoms with Crippen LogP contribution in [0.3, 0.4) is 0 Å². The van der Waals surface area contributed by atoms with E-state index in [4.69, 9.17) is 5.11 Å². The summed E-state index contributed by atoms with van der Waals surface area (Å²) in [5, 5.41) is 22.9. The molecule has 1 aromatic rings. The Morgan fingerprint density at radius 2 is 2.53 bits per heavy atom. The molecule has 0 bridgehead atoms. The number of nitro groups is 1. The summed E-state index contributed by atoms with van der Waals surface area (Å²) >= 11 is 2.97. The largest absolute Gasteiger partial charge is 0.390 e. The quantitative estimate of drug-likeness (QED) is 0.357. The standard InChI is InChI=1S/C10H16N4O3S2/c1-18-10(4-14(16)17)11-2-3-19-6-9-8(5-15)12-7-13-9/h4,7,11,15H,2-3,5-6H2,1H3,(H,12,13)/b10-4+. The molecule has 9 heteroatoms. The van der Waals surface area contributed by atoms with E-state index in [1.54, 1.807) is 24.3 Å². The molecular weight excluding hydrogens is 288 g/mol. The van der Waals surface area contributed by atoms with Crippen LogP contribution in [0.1, 0.15) is 11.4 Å². The van der Waals surface area contributed by atoms with Gasteiger partial charge >= 0.3 is 0 Å². The third-order valence-electron chi connectivity index (χ3n) is 2.19. The van der Waals surface area contributed by atoms with E-state index in [1.165, 1.54) is 11.8 Å². The zero-order valence-corrected chi connectivity index (χ0v) is 12.1. The number of H-pyrrole nitrogens is 1. The number of thioether (sulfide) groups is 2. The molecule has 0 aliphatic rings. The summed E-state index contributed by atoms with van der Waals surface area (Å²) in [5.41, 5.74) is 1.58. The third-order valence-corrected chi connectivity index (χ3v) is 3.87. The van der Waals surface area contributed by atoms with Crippen LogP contribution in [0, 0.1) is 10.1 Å². The van der Waals surface area contributed by atoms with Crippen LogP contribution >= 0.6 is 23.5 Å². The maximum Gasteiger partial charge on any atom is 0.263 e. The summed E-state index contributed by atoms with van der Waals surface area (Å²) in [6, 6.07) is 0. The summed E-state index contributed by atoms with van der Waals surface area (Å²) in [6.07, 6.45) is 4.31. The second-order valence-corrected chi connectivity index (χ2v) is 5.40. The van der Waals surface area contributed by atoms with Gasteiger partial charge in [-0.1, -0.05) is 0 Å². The number of nitrogens with zero attached hydrogens (tertiary/aromatic N) is 2. The molecule has 1 aromatic heterocycles. The number of aromatic amines is 1. The van der Waals surface area contributed by atoms with Gasteiger partial charge in [-0.3, -0.25) is 10.1 Å². The summed E-state index contributed by atoms with van der Waals surface area (Å²) in [4.78, 5) is 16.8. The predicted molar refractivity (Wildman–Crippen MR) is 77.3 cm³/mol. The van der Waals surface area contributed by atoms with Crippen LogP contribution in [0.15, 0.2) is 17.6 Å². The van der Waals surface area contributed by atoms with Gasteiger partial charge in [0.2, 0.25) is 0 Å². The van der Waals surface area contributed by atoms with E-state index < -0.39 is 4.92 Å². The first kappa shape index (κ1) is 15.9. The number of hydrogen-bond acceptors (Lipinski definition) is 7. The Morgan fingerprint density at radius 1 is 1.74 bits per heavy atom. The second-order valence-electron chi connectivity index (χ2n) is 3.45. The Balaban J connectivity index is 2.22. The van der Waals surface area contributed by atoms with Crippen molar-refractivity contribution in [1.82, 2.24) is 15.3 Å². The van der Waals surface area contributed by atoms with Crippen molar-refractivity contribution in [2.24, 2.45) is 0 Å². The van der Waals surface area contributed by atoms with Crippen molar-refractivity contribution in [2.75, 3.05) is 18.6 Å². The highest BCUT2D eigenvalue weighted by Gasteiger charge is 2.04. The van der Waals surface area contributed by atoms with Gasteiger partial charge in [0.25, 0.3) is 6.20 Å². The molecule has 0 fully saturated rings. The number of aliphatic hydroxyl groups is 1. The lowest BCUT2D eigenvalue weighted by Crippen LogP contribution is -2.15. The molecule has 0 spiro atoms. The van der Waals surface area contributed by atoms with Gasteiger partial charge in [-0.15, -0.1) is 11.8 Å². The first-order chi connectivity index (χ1) is 9.17. The third kappa shape index (κ3) is 5.99. The maximum absolute atomic E-state index is 10.3. The summed E-state index contributed by atoms with van der Waals surface area (Å²) in [6.45, 7) is 0.577. The number of nitrogens with one attached hydrogen (secondary N) is 2. The molecule has 0 amide bonds. The SMILES string of the molecule is CS/C(=C/[N+](=O)[O-])NCCSCc1[nH]cnc1CO. The van der Waals surface area contributed by atoms with Gasteiger partial charge in [-0.2, -0.15) is 11.8 Å². The average molecular weight is 304 g/mol. The monoisotopic (exact) mass is 304 g/mol. The van der Waals surface area contributed by atoms with Crippen molar-refractivity contribution < 1.29 is 10.0 Å². The smallest absolute Gasteiger partial charge is 0.263 e. The molecule has 0 saturated heterocycles. The Bertz CT molecular complexity index is 436. The molecule has 0 aliphatic carbocycles. The lowest BCUT2D eigenvalue weighted by molar-refractivity contribution is -0.403. The van der Waals surface area contributed by atoms with Gasteiger partial charge in [0, 0.05) is 18.1 Å². The second kappa shape index (κ2) is 8.83. The number of rotatable bonds is 9. The Labute approximate surface area is 119 Å². The van der Waals surface area contributed by atoms with Crippen molar-refractivity contribution in [3.63, 3.8) is 0 Å². The highest BCUT2D eigenvalue weighted by Crippen LogP contribution is 2.13. The van der Waals surface area contributed by atoms with Crippen LogP contribution in [-0.4, -0.2) is 38.6 Å². The van der Waals surface area contributed by atoms with Gasteiger partial charge in [0.1, 0.15) is 5.03 Å². The molecule has 0 unspecified atom stereocenters. The van der Waals surface area contributed by atoms with Crippen molar-refractivity contribution >= 4 is 23.5 Å². The molecule has 1 heterocycles. The summed E-state index contributed by atoms with van der Waals surface area (Å²) in [5.74, 6) is 1.53. The number of aromatic nitrogens is 2. The lowest BCUT2D eigenvalue weighted by Gasteiger charge is -2.05. The van der Waals surface area contributed by atoms with E-state index >= 15 is 0 Å². The molecule has 19 heavy (non-hydrogen) atoms. The first-order valence-corrected chi connectivity index (χ1v) is 7.88. The highest BCUT2D eigenvalue weighted by atomic mass is 32.2. The van der Waals surface area contributed by atoms with E-state index in [0.29, 0.717) is 17.3 Å². The van der Waals surface area contributed by atoms with Gasteiger partial charge in [-0.05, 0) is 6.26 Å². The van der Waals surface area contributed by atoms with Crippen molar-refractivity contribution in [3.8, 4) is 0 Å². The average Bonchev–Trinajstić information content (AvgIpc) is 2.83. The molecule has 7 nitrogen and oxygen atoms in total. The fourth-order valence-corrected chi connectivity index (χ4v) is 2.58. The Morgan fingerprint density at radius 3 is 3.16 bits per heavy atom.